The Labute approximate surface area is 76.7 Å². The predicted octanol–water partition coefficient (Wildman–Crippen LogP) is 1.92. The van der Waals surface area contributed by atoms with Gasteiger partial charge in [-0.1, -0.05) is 6.92 Å². The molecule has 1 heterocycles. The van der Waals surface area contributed by atoms with Gasteiger partial charge in [-0.2, -0.15) is 0 Å². The van der Waals surface area contributed by atoms with Gasteiger partial charge in [0.2, 0.25) is 0 Å². The Balaban J connectivity index is 2.26. The van der Waals surface area contributed by atoms with Crippen LogP contribution in [0.4, 0.5) is 0 Å². The summed E-state index contributed by atoms with van der Waals surface area (Å²) in [6.07, 6.45) is 4.34. The third-order valence-corrected chi connectivity index (χ3v) is 2.64. The minimum Gasteiger partial charge on any atom is -0.512 e. The fraction of sp³-hybridized carbons (Fsp3) is 0.500. The van der Waals surface area contributed by atoms with Gasteiger partial charge in [-0.05, 0) is 18.1 Å². The first kappa shape index (κ1) is 8.35. The monoisotopic (exact) mass is 180 g/mol. The second kappa shape index (κ2) is 2.91. The van der Waals surface area contributed by atoms with Crippen LogP contribution in [-0.4, -0.2) is 11.1 Å². The first-order valence-electron chi connectivity index (χ1n) is 4.47. The summed E-state index contributed by atoms with van der Waals surface area (Å²) in [5.74, 6) is 1.37. The first-order valence-corrected chi connectivity index (χ1v) is 4.47. The van der Waals surface area contributed by atoms with Gasteiger partial charge in [-0.3, -0.25) is 4.79 Å². The summed E-state index contributed by atoms with van der Waals surface area (Å²) in [6.45, 7) is 2.01. The Kier molecular flexibility index (Phi) is 1.87. The molecule has 0 bridgehead atoms. The normalized spacial score (nSPS) is 32.8. The standard InChI is InChI=1S/C10H12O3/c1-6-4-10(12)13-9-3-2-7(11)5-8(6)9/h2-3,6,8,11H,4-5H2,1H3. The van der Waals surface area contributed by atoms with Crippen molar-refractivity contribution >= 4 is 5.97 Å². The Hall–Kier alpha value is -1.25. The van der Waals surface area contributed by atoms with Crippen LogP contribution in [0, 0.1) is 11.8 Å². The SMILES string of the molecule is CC1CC(=O)OC2=CC=C(O)CC21. The average Bonchev–Trinajstić information content (AvgIpc) is 2.06. The Bertz CT molecular complexity index is 301. The quantitative estimate of drug-likeness (QED) is 0.579. The first-order chi connectivity index (χ1) is 6.16. The minimum atomic E-state index is -0.162. The lowest BCUT2D eigenvalue weighted by atomic mass is 9.82. The molecule has 1 saturated heterocycles. The van der Waals surface area contributed by atoms with E-state index in [2.05, 4.69) is 0 Å². The predicted molar refractivity (Wildman–Crippen MR) is 46.8 cm³/mol. The van der Waals surface area contributed by atoms with Crippen LogP contribution in [0.2, 0.25) is 0 Å². The zero-order valence-electron chi connectivity index (χ0n) is 7.49. The van der Waals surface area contributed by atoms with Crippen molar-refractivity contribution in [1.82, 2.24) is 0 Å². The molecule has 0 aromatic carbocycles. The summed E-state index contributed by atoms with van der Waals surface area (Å²) in [7, 11) is 0. The van der Waals surface area contributed by atoms with Crippen LogP contribution < -0.4 is 0 Å². The van der Waals surface area contributed by atoms with Crippen molar-refractivity contribution in [3.05, 3.63) is 23.7 Å². The van der Waals surface area contributed by atoms with E-state index in [1.54, 1.807) is 12.2 Å². The van der Waals surface area contributed by atoms with Crippen LogP contribution in [0.3, 0.4) is 0 Å². The number of fused-ring (bicyclic) bond motifs is 1. The number of aliphatic hydroxyl groups is 1. The van der Waals surface area contributed by atoms with Crippen molar-refractivity contribution in [2.75, 3.05) is 0 Å². The lowest BCUT2D eigenvalue weighted by Gasteiger charge is -2.31. The third-order valence-electron chi connectivity index (χ3n) is 2.64. The molecule has 1 aliphatic heterocycles. The molecule has 1 aliphatic carbocycles. The Morgan fingerprint density at radius 3 is 3.00 bits per heavy atom. The smallest absolute Gasteiger partial charge is 0.311 e. The molecule has 0 saturated carbocycles. The lowest BCUT2D eigenvalue weighted by molar-refractivity contribution is -0.145. The highest BCUT2D eigenvalue weighted by molar-refractivity contribution is 5.72. The van der Waals surface area contributed by atoms with E-state index in [1.807, 2.05) is 6.92 Å². The number of rotatable bonds is 0. The van der Waals surface area contributed by atoms with Gasteiger partial charge in [0.1, 0.15) is 5.76 Å². The van der Waals surface area contributed by atoms with Gasteiger partial charge in [-0.25, -0.2) is 0 Å². The van der Waals surface area contributed by atoms with Crippen molar-refractivity contribution in [2.45, 2.75) is 19.8 Å². The lowest BCUT2D eigenvalue weighted by Crippen LogP contribution is -2.28. The van der Waals surface area contributed by atoms with E-state index >= 15 is 0 Å². The minimum absolute atomic E-state index is 0.162. The second-order valence-corrected chi connectivity index (χ2v) is 3.69. The molecule has 70 valence electrons. The van der Waals surface area contributed by atoms with Crippen molar-refractivity contribution in [1.29, 1.82) is 0 Å². The van der Waals surface area contributed by atoms with Crippen molar-refractivity contribution in [3.63, 3.8) is 0 Å². The van der Waals surface area contributed by atoms with Crippen LogP contribution in [0.5, 0.6) is 0 Å². The molecule has 1 N–H and O–H groups in total. The fourth-order valence-corrected chi connectivity index (χ4v) is 1.87. The molecule has 3 nitrogen and oxygen atoms in total. The van der Waals surface area contributed by atoms with Gasteiger partial charge in [0.05, 0.1) is 5.76 Å². The summed E-state index contributed by atoms with van der Waals surface area (Å²) in [5, 5.41) is 9.31. The van der Waals surface area contributed by atoms with E-state index in [-0.39, 0.29) is 17.8 Å². The third kappa shape index (κ3) is 1.46. The largest absolute Gasteiger partial charge is 0.512 e. The number of aliphatic hydroxyl groups excluding tert-OH is 1. The molecule has 0 aromatic heterocycles. The highest BCUT2D eigenvalue weighted by Gasteiger charge is 2.33. The number of hydrogen-bond donors (Lipinski definition) is 1. The maximum atomic E-state index is 11.1. The van der Waals surface area contributed by atoms with Crippen LogP contribution in [-0.2, 0) is 9.53 Å². The molecule has 13 heavy (non-hydrogen) atoms. The molecular weight excluding hydrogens is 168 g/mol. The van der Waals surface area contributed by atoms with E-state index in [0.29, 0.717) is 24.4 Å². The zero-order valence-corrected chi connectivity index (χ0v) is 7.49. The number of ether oxygens (including phenoxy) is 1. The van der Waals surface area contributed by atoms with E-state index < -0.39 is 0 Å². The second-order valence-electron chi connectivity index (χ2n) is 3.69. The molecule has 2 aliphatic rings. The Morgan fingerprint density at radius 2 is 2.23 bits per heavy atom. The van der Waals surface area contributed by atoms with Crippen molar-refractivity contribution in [2.24, 2.45) is 11.8 Å². The summed E-state index contributed by atoms with van der Waals surface area (Å²) in [5.41, 5.74) is 0. The number of allylic oxidation sites excluding steroid dienone is 4. The van der Waals surface area contributed by atoms with Gasteiger partial charge < -0.3 is 9.84 Å². The van der Waals surface area contributed by atoms with Gasteiger partial charge >= 0.3 is 5.97 Å². The van der Waals surface area contributed by atoms with E-state index in [4.69, 9.17) is 4.74 Å². The molecule has 2 rings (SSSR count). The van der Waals surface area contributed by atoms with E-state index in [0.717, 1.165) is 0 Å². The average molecular weight is 180 g/mol. The number of esters is 1. The molecule has 3 heteroatoms. The highest BCUT2D eigenvalue weighted by atomic mass is 16.5. The maximum Gasteiger partial charge on any atom is 0.311 e. The topological polar surface area (TPSA) is 46.5 Å². The highest BCUT2D eigenvalue weighted by Crippen LogP contribution is 2.36. The summed E-state index contributed by atoms with van der Waals surface area (Å²) >= 11 is 0. The molecule has 2 atom stereocenters. The van der Waals surface area contributed by atoms with Crippen LogP contribution in [0.15, 0.2) is 23.7 Å². The molecule has 0 aromatic rings. The zero-order chi connectivity index (χ0) is 9.42. The molecule has 0 spiro atoms. The molecule has 0 radical (unpaired) electrons. The van der Waals surface area contributed by atoms with Gasteiger partial charge in [-0.15, -0.1) is 0 Å². The molecule has 2 unspecified atom stereocenters. The van der Waals surface area contributed by atoms with Gasteiger partial charge in [0.15, 0.2) is 0 Å². The fourth-order valence-electron chi connectivity index (χ4n) is 1.87. The summed E-state index contributed by atoms with van der Waals surface area (Å²) in [6, 6.07) is 0. The van der Waals surface area contributed by atoms with Gasteiger partial charge in [0, 0.05) is 18.8 Å². The molecular formula is C10H12O3. The molecule has 0 amide bonds. The van der Waals surface area contributed by atoms with Crippen molar-refractivity contribution < 1.29 is 14.6 Å². The van der Waals surface area contributed by atoms with Crippen LogP contribution >= 0.6 is 0 Å². The number of carbonyl (C=O) groups is 1. The maximum absolute atomic E-state index is 11.1. The van der Waals surface area contributed by atoms with Crippen molar-refractivity contribution in [3.8, 4) is 0 Å². The summed E-state index contributed by atoms with van der Waals surface area (Å²) in [4.78, 5) is 11.1. The van der Waals surface area contributed by atoms with E-state index in [1.165, 1.54) is 0 Å². The number of hydrogen-bond acceptors (Lipinski definition) is 3. The van der Waals surface area contributed by atoms with E-state index in [9.17, 15) is 9.90 Å². The summed E-state index contributed by atoms with van der Waals surface area (Å²) < 4.78 is 5.08. The Morgan fingerprint density at radius 1 is 1.46 bits per heavy atom. The molecule has 1 fully saturated rings. The van der Waals surface area contributed by atoms with Crippen LogP contribution in [0.25, 0.3) is 0 Å². The van der Waals surface area contributed by atoms with Crippen LogP contribution in [0.1, 0.15) is 19.8 Å². The number of carbonyl (C=O) groups excluding carboxylic acids is 1. The van der Waals surface area contributed by atoms with Gasteiger partial charge in [0.25, 0.3) is 0 Å².